The van der Waals surface area contributed by atoms with Crippen molar-refractivity contribution in [2.24, 2.45) is 5.41 Å². The molecule has 1 amide bonds. The zero-order valence-corrected chi connectivity index (χ0v) is 22.0. The molecule has 0 radical (unpaired) electrons. The summed E-state index contributed by atoms with van der Waals surface area (Å²) in [4.78, 5) is 39.1. The first-order valence-corrected chi connectivity index (χ1v) is 12.5. The summed E-state index contributed by atoms with van der Waals surface area (Å²) >= 11 is 0. The minimum atomic E-state index is -0.931. The quantitative estimate of drug-likeness (QED) is 0.577. The maximum absolute atomic E-state index is 14.2. The number of piperidine rings is 1. The number of rotatable bonds is 5. The average molecular weight is 487 g/mol. The number of carbonyl (C=O) groups is 2. The Morgan fingerprint density at radius 3 is 2.37 bits per heavy atom. The standard InChI is InChI=1S/C27H38N2O6/c1-17-10-11-20(19(3)18(17)2)22-23(34-25(31)26(4,5)6)27(12-14-28(32-7)15-13-27)29(24(22)30)35-21-9-8-16-33-21/h10-11,21H,8-9,12-16H2,1-7H3. The van der Waals surface area contributed by atoms with Gasteiger partial charge in [0.25, 0.3) is 5.91 Å². The second-order valence-corrected chi connectivity index (χ2v) is 10.8. The number of nitrogens with zero attached hydrogens (tertiary/aromatic N) is 2. The first-order chi connectivity index (χ1) is 16.5. The van der Waals surface area contributed by atoms with Gasteiger partial charge in [0.2, 0.25) is 0 Å². The molecule has 1 aromatic carbocycles. The van der Waals surface area contributed by atoms with E-state index in [1.54, 1.807) is 7.11 Å². The van der Waals surface area contributed by atoms with Gasteiger partial charge in [-0.1, -0.05) is 12.1 Å². The van der Waals surface area contributed by atoms with Crippen LogP contribution in [0.4, 0.5) is 0 Å². The molecule has 35 heavy (non-hydrogen) atoms. The molecule has 1 aromatic rings. The van der Waals surface area contributed by atoms with Crippen molar-refractivity contribution in [3.8, 4) is 0 Å². The molecular formula is C27H38N2O6. The first-order valence-electron chi connectivity index (χ1n) is 12.5. The number of benzene rings is 1. The Morgan fingerprint density at radius 1 is 1.11 bits per heavy atom. The van der Waals surface area contributed by atoms with E-state index in [1.165, 1.54) is 5.06 Å². The van der Waals surface area contributed by atoms with E-state index < -0.39 is 17.2 Å². The van der Waals surface area contributed by atoms with E-state index in [9.17, 15) is 9.59 Å². The molecular weight excluding hydrogens is 448 g/mol. The Labute approximate surface area is 208 Å². The highest BCUT2D eigenvalue weighted by molar-refractivity contribution is 6.23. The number of carbonyl (C=O) groups excluding carboxylic acids is 2. The van der Waals surface area contributed by atoms with E-state index in [0.29, 0.717) is 50.3 Å². The summed E-state index contributed by atoms with van der Waals surface area (Å²) in [6.07, 6.45) is 2.08. The van der Waals surface area contributed by atoms with Crippen molar-refractivity contribution in [1.29, 1.82) is 0 Å². The van der Waals surface area contributed by atoms with E-state index in [2.05, 4.69) is 0 Å². The minimum Gasteiger partial charge on any atom is -0.427 e. The van der Waals surface area contributed by atoms with E-state index in [0.717, 1.165) is 28.7 Å². The fourth-order valence-corrected chi connectivity index (χ4v) is 4.94. The Balaban J connectivity index is 1.89. The van der Waals surface area contributed by atoms with Gasteiger partial charge in [-0.15, -0.1) is 0 Å². The van der Waals surface area contributed by atoms with Crippen molar-refractivity contribution in [2.75, 3.05) is 26.8 Å². The Bertz CT molecular complexity index is 1030. The van der Waals surface area contributed by atoms with Crippen LogP contribution in [0.3, 0.4) is 0 Å². The van der Waals surface area contributed by atoms with Gasteiger partial charge in [0.15, 0.2) is 6.29 Å². The van der Waals surface area contributed by atoms with Crippen molar-refractivity contribution >= 4 is 17.4 Å². The summed E-state index contributed by atoms with van der Waals surface area (Å²) in [6, 6.07) is 3.95. The van der Waals surface area contributed by atoms with Gasteiger partial charge in [-0.3, -0.25) is 9.59 Å². The van der Waals surface area contributed by atoms with E-state index in [-0.39, 0.29) is 11.9 Å². The fraction of sp³-hybridized carbons (Fsp3) is 0.630. The molecule has 192 valence electrons. The van der Waals surface area contributed by atoms with Crippen LogP contribution in [-0.2, 0) is 28.7 Å². The zero-order valence-electron chi connectivity index (χ0n) is 22.0. The van der Waals surface area contributed by atoms with Gasteiger partial charge in [-0.2, -0.15) is 5.06 Å². The first kappa shape index (κ1) is 25.8. The molecule has 1 spiro atoms. The average Bonchev–Trinajstić information content (AvgIpc) is 3.40. The van der Waals surface area contributed by atoms with Crippen molar-refractivity contribution < 1.29 is 28.7 Å². The van der Waals surface area contributed by atoms with Crippen LogP contribution in [0, 0.1) is 26.2 Å². The Hall–Kier alpha value is -2.26. The van der Waals surface area contributed by atoms with Crippen LogP contribution in [0.25, 0.3) is 5.57 Å². The van der Waals surface area contributed by atoms with Crippen LogP contribution >= 0.6 is 0 Å². The minimum absolute atomic E-state index is 0.297. The molecule has 4 rings (SSSR count). The summed E-state index contributed by atoms with van der Waals surface area (Å²) < 4.78 is 11.9. The highest BCUT2D eigenvalue weighted by Gasteiger charge is 2.58. The molecule has 1 unspecified atom stereocenters. The number of hydrogen-bond donors (Lipinski definition) is 0. The summed E-state index contributed by atoms with van der Waals surface area (Å²) in [5.74, 6) is -0.302. The summed E-state index contributed by atoms with van der Waals surface area (Å²) in [5.41, 5.74) is 2.72. The monoisotopic (exact) mass is 486 g/mol. The van der Waals surface area contributed by atoms with Gasteiger partial charge in [-0.05, 0) is 83.1 Å². The molecule has 0 aromatic heterocycles. The van der Waals surface area contributed by atoms with Gasteiger partial charge >= 0.3 is 5.97 Å². The molecule has 3 aliphatic rings. The summed E-state index contributed by atoms with van der Waals surface area (Å²) in [6.45, 7) is 13.3. The lowest BCUT2D eigenvalue weighted by molar-refractivity contribution is -0.292. The van der Waals surface area contributed by atoms with Gasteiger partial charge in [0.05, 0.1) is 24.7 Å². The van der Waals surface area contributed by atoms with Crippen molar-refractivity contribution in [3.05, 3.63) is 40.1 Å². The Morgan fingerprint density at radius 2 is 1.80 bits per heavy atom. The van der Waals surface area contributed by atoms with E-state index in [1.807, 2.05) is 58.7 Å². The third-order valence-electron chi connectivity index (χ3n) is 7.49. The van der Waals surface area contributed by atoms with Crippen LogP contribution < -0.4 is 0 Å². The smallest absolute Gasteiger partial charge is 0.316 e. The second kappa shape index (κ2) is 9.65. The summed E-state index contributed by atoms with van der Waals surface area (Å²) in [5, 5.41) is 3.30. The van der Waals surface area contributed by atoms with E-state index >= 15 is 0 Å². The molecule has 3 aliphatic heterocycles. The zero-order chi connectivity index (χ0) is 25.5. The lowest BCUT2D eigenvalue weighted by Crippen LogP contribution is -2.56. The van der Waals surface area contributed by atoms with Crippen molar-refractivity contribution in [3.63, 3.8) is 0 Å². The molecule has 0 N–H and O–H groups in total. The summed E-state index contributed by atoms with van der Waals surface area (Å²) in [7, 11) is 1.64. The maximum Gasteiger partial charge on any atom is 0.316 e. The van der Waals surface area contributed by atoms with E-state index in [4.69, 9.17) is 19.1 Å². The van der Waals surface area contributed by atoms with Gasteiger partial charge in [0, 0.05) is 19.5 Å². The van der Waals surface area contributed by atoms with Crippen LogP contribution in [0.5, 0.6) is 0 Å². The highest BCUT2D eigenvalue weighted by Crippen LogP contribution is 2.49. The maximum atomic E-state index is 14.2. The number of hydroxylamine groups is 4. The lowest BCUT2D eigenvalue weighted by atomic mass is 9.84. The molecule has 3 heterocycles. The molecule has 8 nitrogen and oxygen atoms in total. The third kappa shape index (κ3) is 4.65. The fourth-order valence-electron chi connectivity index (χ4n) is 4.94. The van der Waals surface area contributed by atoms with Gasteiger partial charge < -0.3 is 14.3 Å². The van der Waals surface area contributed by atoms with Crippen LogP contribution in [0.1, 0.15) is 68.7 Å². The Kier molecular flexibility index (Phi) is 7.12. The SMILES string of the molecule is CON1CCC2(CC1)C(OC(=O)C(C)(C)C)=C(c1ccc(C)c(C)c1C)C(=O)N2OC1CCCO1. The molecule has 0 saturated carbocycles. The predicted octanol–water partition coefficient (Wildman–Crippen LogP) is 4.22. The molecule has 0 bridgehead atoms. The number of amides is 1. The van der Waals surface area contributed by atoms with Crippen LogP contribution in [0.15, 0.2) is 17.9 Å². The number of esters is 1. The number of aryl methyl sites for hydroxylation is 1. The van der Waals surface area contributed by atoms with Gasteiger partial charge in [0.1, 0.15) is 11.3 Å². The topological polar surface area (TPSA) is 77.5 Å². The highest BCUT2D eigenvalue weighted by atomic mass is 16.8. The third-order valence-corrected chi connectivity index (χ3v) is 7.49. The molecule has 8 heteroatoms. The van der Waals surface area contributed by atoms with Crippen LogP contribution in [0.2, 0.25) is 0 Å². The second-order valence-electron chi connectivity index (χ2n) is 10.8. The van der Waals surface area contributed by atoms with Crippen molar-refractivity contribution in [2.45, 2.75) is 79.1 Å². The molecule has 2 saturated heterocycles. The lowest BCUT2D eigenvalue weighted by Gasteiger charge is -2.44. The van der Waals surface area contributed by atoms with Crippen LogP contribution in [-0.4, -0.2) is 60.6 Å². The van der Waals surface area contributed by atoms with Crippen molar-refractivity contribution in [1.82, 2.24) is 10.1 Å². The molecule has 2 fully saturated rings. The molecule has 1 atom stereocenters. The van der Waals surface area contributed by atoms with Gasteiger partial charge in [-0.25, -0.2) is 9.90 Å². The predicted molar refractivity (Wildman–Crippen MR) is 131 cm³/mol. The largest absolute Gasteiger partial charge is 0.427 e. The number of hydrogen-bond acceptors (Lipinski definition) is 7. The molecule has 0 aliphatic carbocycles. The number of ether oxygens (including phenoxy) is 2. The normalized spacial score (nSPS) is 23.0.